The molecule has 1 saturated heterocycles. The van der Waals surface area contributed by atoms with Crippen LogP contribution in [0.2, 0.25) is 0 Å². The van der Waals surface area contributed by atoms with Crippen LogP contribution in [0.1, 0.15) is 18.9 Å². The fourth-order valence-corrected chi connectivity index (χ4v) is 2.70. The van der Waals surface area contributed by atoms with E-state index < -0.39 is 12.9 Å². The molecule has 1 aromatic rings. The van der Waals surface area contributed by atoms with E-state index in [0.717, 1.165) is 25.1 Å². The highest BCUT2D eigenvalue weighted by atomic mass is 19.1. The Morgan fingerprint density at radius 3 is 2.85 bits per heavy atom. The van der Waals surface area contributed by atoms with Crippen molar-refractivity contribution in [2.24, 2.45) is 5.92 Å². The van der Waals surface area contributed by atoms with Crippen molar-refractivity contribution in [2.45, 2.75) is 26.0 Å². The van der Waals surface area contributed by atoms with Gasteiger partial charge in [0, 0.05) is 25.7 Å². The molecule has 1 aliphatic heterocycles. The molecule has 1 aliphatic rings. The Bertz CT molecular complexity index is 458. The van der Waals surface area contributed by atoms with Gasteiger partial charge in [-0.1, -0.05) is 19.1 Å². The first-order chi connectivity index (χ1) is 9.51. The predicted molar refractivity (Wildman–Crippen MR) is 76.1 cm³/mol. The van der Waals surface area contributed by atoms with Crippen molar-refractivity contribution >= 4 is 12.6 Å². The fraction of sp³-hybridized carbons (Fsp3) is 0.571. The molecule has 1 heterocycles. The van der Waals surface area contributed by atoms with Crippen molar-refractivity contribution in [2.75, 3.05) is 20.2 Å². The predicted octanol–water partition coefficient (Wildman–Crippen LogP) is 0.362. The van der Waals surface area contributed by atoms with Crippen molar-refractivity contribution in [3.05, 3.63) is 29.6 Å². The molecule has 0 aromatic heterocycles. The molecule has 2 unspecified atom stereocenters. The lowest BCUT2D eigenvalue weighted by molar-refractivity contribution is -0.00744. The molecule has 1 aromatic carbocycles. The Kier molecular flexibility index (Phi) is 5.15. The maximum absolute atomic E-state index is 13.4. The zero-order valence-electron chi connectivity index (χ0n) is 11.9. The molecule has 2 rings (SSSR count). The van der Waals surface area contributed by atoms with Gasteiger partial charge in [-0.15, -0.1) is 0 Å². The molecule has 0 bridgehead atoms. The van der Waals surface area contributed by atoms with E-state index in [1.807, 2.05) is 0 Å². The highest BCUT2D eigenvalue weighted by Crippen LogP contribution is 2.20. The van der Waals surface area contributed by atoms with Gasteiger partial charge in [0.15, 0.2) is 0 Å². The Hall–Kier alpha value is -0.945. The van der Waals surface area contributed by atoms with Gasteiger partial charge in [-0.05, 0) is 30.5 Å². The molecule has 2 atom stereocenters. The number of likely N-dealkylation sites (tertiary alicyclic amines) is 1. The first kappa shape index (κ1) is 15.4. The summed E-state index contributed by atoms with van der Waals surface area (Å²) in [6, 6.07) is 4.48. The topological polar surface area (TPSA) is 52.9 Å². The van der Waals surface area contributed by atoms with Gasteiger partial charge in [0.25, 0.3) is 0 Å². The number of hydrogen-bond acceptors (Lipinski definition) is 4. The molecule has 0 spiro atoms. The molecule has 4 nitrogen and oxygen atoms in total. The van der Waals surface area contributed by atoms with Crippen LogP contribution in [-0.2, 0) is 11.3 Å². The van der Waals surface area contributed by atoms with Crippen molar-refractivity contribution in [1.82, 2.24) is 4.90 Å². The largest absolute Gasteiger partial charge is 0.491 e. The molecule has 6 heteroatoms. The monoisotopic (exact) mass is 281 g/mol. The molecule has 20 heavy (non-hydrogen) atoms. The highest BCUT2D eigenvalue weighted by molar-refractivity contribution is 6.58. The van der Waals surface area contributed by atoms with Crippen LogP contribution in [0, 0.1) is 11.7 Å². The summed E-state index contributed by atoms with van der Waals surface area (Å²) in [4.78, 5) is 2.24. The fourth-order valence-electron chi connectivity index (χ4n) is 2.70. The van der Waals surface area contributed by atoms with Gasteiger partial charge in [-0.3, -0.25) is 4.90 Å². The van der Waals surface area contributed by atoms with E-state index in [1.165, 1.54) is 12.1 Å². The van der Waals surface area contributed by atoms with E-state index in [-0.39, 0.29) is 11.6 Å². The molecule has 2 N–H and O–H groups in total. The number of nitrogens with zero attached hydrogens (tertiary/aromatic N) is 1. The summed E-state index contributed by atoms with van der Waals surface area (Å²) >= 11 is 0. The molecule has 0 aliphatic carbocycles. The van der Waals surface area contributed by atoms with Gasteiger partial charge in [0.05, 0.1) is 6.10 Å². The number of rotatable bonds is 4. The lowest BCUT2D eigenvalue weighted by Crippen LogP contribution is -2.43. The molecular formula is C14H21BFNO3. The summed E-state index contributed by atoms with van der Waals surface area (Å²) in [6.45, 7) is 4.65. The Balaban J connectivity index is 2.05. The third kappa shape index (κ3) is 3.58. The third-order valence-electron chi connectivity index (χ3n) is 4.02. The SMILES string of the molecule is COC1CN(Cc2ccc(F)c(B(O)O)c2)CCC1C. The van der Waals surface area contributed by atoms with E-state index in [2.05, 4.69) is 11.8 Å². The van der Waals surface area contributed by atoms with Crippen molar-refractivity contribution < 1.29 is 19.2 Å². The minimum absolute atomic E-state index is 0.0730. The summed E-state index contributed by atoms with van der Waals surface area (Å²) in [5.41, 5.74) is 0.801. The zero-order valence-corrected chi connectivity index (χ0v) is 11.9. The summed E-state index contributed by atoms with van der Waals surface area (Å²) in [5.74, 6) is -0.0509. The smallest absolute Gasteiger partial charge is 0.423 e. The van der Waals surface area contributed by atoms with Crippen molar-refractivity contribution in [1.29, 1.82) is 0 Å². The van der Waals surface area contributed by atoms with Gasteiger partial charge >= 0.3 is 7.12 Å². The maximum Gasteiger partial charge on any atom is 0.491 e. The van der Waals surface area contributed by atoms with E-state index in [4.69, 9.17) is 14.8 Å². The van der Waals surface area contributed by atoms with Crippen LogP contribution in [0.15, 0.2) is 18.2 Å². The van der Waals surface area contributed by atoms with Crippen LogP contribution >= 0.6 is 0 Å². The average Bonchev–Trinajstić information content (AvgIpc) is 2.42. The maximum atomic E-state index is 13.4. The first-order valence-electron chi connectivity index (χ1n) is 6.91. The molecule has 0 radical (unpaired) electrons. The van der Waals surface area contributed by atoms with Crippen LogP contribution in [-0.4, -0.2) is 48.4 Å². The second kappa shape index (κ2) is 6.67. The molecule has 1 fully saturated rings. The van der Waals surface area contributed by atoms with Gasteiger partial charge < -0.3 is 14.8 Å². The van der Waals surface area contributed by atoms with Crippen LogP contribution < -0.4 is 5.46 Å². The lowest BCUT2D eigenvalue weighted by atomic mass is 9.79. The summed E-state index contributed by atoms with van der Waals surface area (Å²) in [6.07, 6.45) is 1.28. The second-order valence-electron chi connectivity index (χ2n) is 5.50. The standard InChI is InChI=1S/C14H21BFNO3/c1-10-5-6-17(9-14(10)20-2)8-11-3-4-13(16)12(7-11)15(18)19/h3-4,7,10,14,18-19H,5-6,8-9H2,1-2H3. The minimum Gasteiger partial charge on any atom is -0.423 e. The molecule has 0 saturated carbocycles. The van der Waals surface area contributed by atoms with E-state index in [9.17, 15) is 4.39 Å². The lowest BCUT2D eigenvalue weighted by Gasteiger charge is -2.36. The number of ether oxygens (including phenoxy) is 1. The normalized spacial score (nSPS) is 23.9. The van der Waals surface area contributed by atoms with Crippen LogP contribution in [0.5, 0.6) is 0 Å². The summed E-state index contributed by atoms with van der Waals surface area (Å²) in [7, 11) is -0.0500. The molecule has 0 amide bonds. The number of benzene rings is 1. The first-order valence-corrected chi connectivity index (χ1v) is 6.91. The third-order valence-corrected chi connectivity index (χ3v) is 4.02. The van der Waals surface area contributed by atoms with Gasteiger partial charge in [-0.2, -0.15) is 0 Å². The van der Waals surface area contributed by atoms with E-state index >= 15 is 0 Å². The minimum atomic E-state index is -1.77. The Labute approximate surface area is 119 Å². The van der Waals surface area contributed by atoms with Crippen molar-refractivity contribution in [3.63, 3.8) is 0 Å². The Morgan fingerprint density at radius 1 is 1.45 bits per heavy atom. The number of halogens is 1. The van der Waals surface area contributed by atoms with Gasteiger partial charge in [0.1, 0.15) is 5.82 Å². The quantitative estimate of drug-likeness (QED) is 0.783. The highest BCUT2D eigenvalue weighted by Gasteiger charge is 2.26. The van der Waals surface area contributed by atoms with Gasteiger partial charge in [-0.25, -0.2) is 4.39 Å². The van der Waals surface area contributed by atoms with Gasteiger partial charge in [0.2, 0.25) is 0 Å². The van der Waals surface area contributed by atoms with Crippen molar-refractivity contribution in [3.8, 4) is 0 Å². The average molecular weight is 281 g/mol. The molecule has 110 valence electrons. The van der Waals surface area contributed by atoms with E-state index in [1.54, 1.807) is 13.2 Å². The molecular weight excluding hydrogens is 260 g/mol. The number of piperidine rings is 1. The summed E-state index contributed by atoms with van der Waals surface area (Å²) in [5, 5.41) is 18.3. The Morgan fingerprint density at radius 2 is 2.20 bits per heavy atom. The number of methoxy groups -OCH3 is 1. The van der Waals surface area contributed by atoms with E-state index in [0.29, 0.717) is 12.5 Å². The number of hydrogen-bond donors (Lipinski definition) is 2. The van der Waals surface area contributed by atoms with Crippen LogP contribution in [0.3, 0.4) is 0 Å². The zero-order chi connectivity index (χ0) is 14.7. The second-order valence-corrected chi connectivity index (χ2v) is 5.50. The van der Waals surface area contributed by atoms with Crippen LogP contribution in [0.4, 0.5) is 4.39 Å². The van der Waals surface area contributed by atoms with Crippen LogP contribution in [0.25, 0.3) is 0 Å². The summed E-state index contributed by atoms with van der Waals surface area (Å²) < 4.78 is 18.9.